The monoisotopic (exact) mass is 231 g/mol. The standard InChI is InChI=1S/C14H17NO2/c16-14-12-8-4-5-9-15(12)13(10-17-14)11-6-2-1-3-7-11/h1-3,6-7,12-13H,4-5,8-10H2/t12-,13-/m0/s1. The smallest absolute Gasteiger partial charge is 0.323 e. The molecule has 0 N–H and O–H groups in total. The summed E-state index contributed by atoms with van der Waals surface area (Å²) in [5.74, 6) is -0.0307. The SMILES string of the molecule is O=C1OC[C@@H](c2ccccc2)N2CCCC[C@@H]12. The molecule has 1 aromatic rings. The molecule has 2 fully saturated rings. The maximum atomic E-state index is 11.7. The van der Waals surface area contributed by atoms with E-state index in [2.05, 4.69) is 17.0 Å². The van der Waals surface area contributed by atoms with Gasteiger partial charge in [0.25, 0.3) is 0 Å². The number of rotatable bonds is 1. The van der Waals surface area contributed by atoms with Gasteiger partial charge in [-0.15, -0.1) is 0 Å². The second kappa shape index (κ2) is 4.49. The average molecular weight is 231 g/mol. The van der Waals surface area contributed by atoms with Crippen LogP contribution in [-0.2, 0) is 9.53 Å². The van der Waals surface area contributed by atoms with Gasteiger partial charge >= 0.3 is 5.97 Å². The highest BCUT2D eigenvalue weighted by atomic mass is 16.5. The summed E-state index contributed by atoms with van der Waals surface area (Å²) in [6, 6.07) is 10.6. The summed E-state index contributed by atoms with van der Waals surface area (Å²) in [5.41, 5.74) is 1.26. The normalized spacial score (nSPS) is 29.5. The van der Waals surface area contributed by atoms with E-state index in [-0.39, 0.29) is 18.1 Å². The fourth-order valence-electron chi connectivity index (χ4n) is 2.90. The molecule has 2 heterocycles. The summed E-state index contributed by atoms with van der Waals surface area (Å²) in [6.45, 7) is 1.51. The van der Waals surface area contributed by atoms with Gasteiger partial charge in [0.05, 0.1) is 6.04 Å². The molecule has 0 aromatic heterocycles. The molecule has 0 bridgehead atoms. The third kappa shape index (κ3) is 1.95. The van der Waals surface area contributed by atoms with Gasteiger partial charge in [0.2, 0.25) is 0 Å². The first-order chi connectivity index (χ1) is 8.36. The van der Waals surface area contributed by atoms with E-state index in [9.17, 15) is 4.79 Å². The third-order valence-corrected chi connectivity index (χ3v) is 3.78. The predicted octanol–water partition coefficient (Wildman–Crippen LogP) is 2.14. The van der Waals surface area contributed by atoms with Gasteiger partial charge in [0.1, 0.15) is 12.6 Å². The van der Waals surface area contributed by atoms with Crippen LogP contribution in [0.15, 0.2) is 30.3 Å². The van der Waals surface area contributed by atoms with Crippen LogP contribution < -0.4 is 0 Å². The highest BCUT2D eigenvalue weighted by Crippen LogP contribution is 2.32. The van der Waals surface area contributed by atoms with E-state index >= 15 is 0 Å². The molecule has 1 aromatic carbocycles. The van der Waals surface area contributed by atoms with Gasteiger partial charge in [-0.25, -0.2) is 0 Å². The van der Waals surface area contributed by atoms with Crippen molar-refractivity contribution in [2.75, 3.05) is 13.2 Å². The van der Waals surface area contributed by atoms with Gasteiger partial charge in [-0.05, 0) is 24.9 Å². The molecule has 0 unspecified atom stereocenters. The predicted molar refractivity (Wildman–Crippen MR) is 64.5 cm³/mol. The van der Waals surface area contributed by atoms with E-state index in [1.54, 1.807) is 0 Å². The summed E-state index contributed by atoms with van der Waals surface area (Å²) in [5, 5.41) is 0. The molecule has 3 nitrogen and oxygen atoms in total. The maximum Gasteiger partial charge on any atom is 0.323 e. The zero-order valence-corrected chi connectivity index (χ0v) is 9.84. The summed E-state index contributed by atoms with van der Waals surface area (Å²) in [6.07, 6.45) is 3.27. The van der Waals surface area contributed by atoms with E-state index in [0.29, 0.717) is 6.61 Å². The van der Waals surface area contributed by atoms with Crippen molar-refractivity contribution in [3.63, 3.8) is 0 Å². The Hall–Kier alpha value is -1.35. The number of hydrogen-bond acceptors (Lipinski definition) is 3. The molecule has 17 heavy (non-hydrogen) atoms. The van der Waals surface area contributed by atoms with Crippen molar-refractivity contribution in [2.45, 2.75) is 31.3 Å². The van der Waals surface area contributed by atoms with Gasteiger partial charge in [-0.2, -0.15) is 0 Å². The molecule has 2 aliphatic heterocycles. The molecule has 90 valence electrons. The van der Waals surface area contributed by atoms with Crippen molar-refractivity contribution < 1.29 is 9.53 Å². The Morgan fingerprint density at radius 1 is 1.12 bits per heavy atom. The Bertz CT molecular complexity index is 404. The Kier molecular flexibility index (Phi) is 2.85. The molecule has 0 aliphatic carbocycles. The summed E-state index contributed by atoms with van der Waals surface area (Å²) < 4.78 is 5.33. The Morgan fingerprint density at radius 2 is 1.94 bits per heavy atom. The zero-order chi connectivity index (χ0) is 11.7. The second-order valence-electron chi connectivity index (χ2n) is 4.81. The number of ether oxygens (including phenoxy) is 1. The molecule has 2 aliphatic rings. The van der Waals surface area contributed by atoms with Crippen molar-refractivity contribution in [1.29, 1.82) is 0 Å². The molecule has 0 saturated carbocycles. The molecule has 3 heteroatoms. The summed E-state index contributed by atoms with van der Waals surface area (Å²) >= 11 is 0. The molecular formula is C14H17NO2. The molecule has 2 saturated heterocycles. The van der Waals surface area contributed by atoms with Crippen LogP contribution in [0.4, 0.5) is 0 Å². The van der Waals surface area contributed by atoms with Crippen LogP contribution in [0.3, 0.4) is 0 Å². The first-order valence-electron chi connectivity index (χ1n) is 6.33. The molecule has 0 amide bonds. The van der Waals surface area contributed by atoms with Gasteiger partial charge in [0.15, 0.2) is 0 Å². The minimum Gasteiger partial charge on any atom is -0.462 e. The van der Waals surface area contributed by atoms with Gasteiger partial charge in [-0.1, -0.05) is 36.8 Å². The third-order valence-electron chi connectivity index (χ3n) is 3.78. The van der Waals surface area contributed by atoms with Gasteiger partial charge in [0, 0.05) is 0 Å². The highest BCUT2D eigenvalue weighted by Gasteiger charge is 2.39. The lowest BCUT2D eigenvalue weighted by Gasteiger charge is -2.43. The number of piperidine rings is 1. The fourth-order valence-corrected chi connectivity index (χ4v) is 2.90. The number of nitrogens with zero attached hydrogens (tertiary/aromatic N) is 1. The van der Waals surface area contributed by atoms with E-state index in [1.165, 1.54) is 12.0 Å². The van der Waals surface area contributed by atoms with Gasteiger partial charge in [-0.3, -0.25) is 9.69 Å². The van der Waals surface area contributed by atoms with Crippen molar-refractivity contribution in [1.82, 2.24) is 4.90 Å². The van der Waals surface area contributed by atoms with Crippen molar-refractivity contribution in [3.05, 3.63) is 35.9 Å². The second-order valence-corrected chi connectivity index (χ2v) is 4.81. The number of esters is 1. The van der Waals surface area contributed by atoms with Crippen LogP contribution >= 0.6 is 0 Å². The molecule has 3 rings (SSSR count). The Balaban J connectivity index is 1.87. The lowest BCUT2D eigenvalue weighted by Crippen LogP contribution is -2.52. The quantitative estimate of drug-likeness (QED) is 0.693. The van der Waals surface area contributed by atoms with Crippen LogP contribution in [-0.4, -0.2) is 30.1 Å². The number of cyclic esters (lactones) is 1. The van der Waals surface area contributed by atoms with Crippen molar-refractivity contribution in [3.8, 4) is 0 Å². The summed E-state index contributed by atoms with van der Waals surface area (Å²) in [4.78, 5) is 14.1. The first-order valence-corrected chi connectivity index (χ1v) is 6.33. The van der Waals surface area contributed by atoms with E-state index in [1.807, 2.05) is 18.2 Å². The van der Waals surface area contributed by atoms with Crippen LogP contribution in [0, 0.1) is 0 Å². The van der Waals surface area contributed by atoms with Crippen LogP contribution in [0.5, 0.6) is 0 Å². The largest absolute Gasteiger partial charge is 0.462 e. The highest BCUT2D eigenvalue weighted by molar-refractivity contribution is 5.76. The minimum atomic E-state index is -0.0307. The number of benzene rings is 1. The molecule has 0 radical (unpaired) electrons. The Labute approximate surface area is 101 Å². The number of carbonyl (C=O) groups excluding carboxylic acids is 1. The zero-order valence-electron chi connectivity index (χ0n) is 9.84. The topological polar surface area (TPSA) is 29.5 Å². The number of carbonyl (C=O) groups is 1. The van der Waals surface area contributed by atoms with Crippen molar-refractivity contribution >= 4 is 5.97 Å². The summed E-state index contributed by atoms with van der Waals surface area (Å²) in [7, 11) is 0. The lowest BCUT2D eigenvalue weighted by atomic mass is 9.95. The van der Waals surface area contributed by atoms with Crippen molar-refractivity contribution in [2.24, 2.45) is 0 Å². The van der Waals surface area contributed by atoms with E-state index in [4.69, 9.17) is 4.74 Å². The first kappa shape index (κ1) is 10.8. The van der Waals surface area contributed by atoms with Crippen LogP contribution in [0.2, 0.25) is 0 Å². The maximum absolute atomic E-state index is 11.7. The molecule has 0 spiro atoms. The van der Waals surface area contributed by atoms with Crippen LogP contribution in [0.1, 0.15) is 30.9 Å². The lowest BCUT2D eigenvalue weighted by molar-refractivity contribution is -0.165. The van der Waals surface area contributed by atoms with E-state index in [0.717, 1.165) is 19.4 Å². The molecule has 2 atom stereocenters. The average Bonchev–Trinajstić information content (AvgIpc) is 2.41. The fraction of sp³-hybridized carbons (Fsp3) is 0.500. The minimum absolute atomic E-state index is 0.0114. The van der Waals surface area contributed by atoms with Crippen LogP contribution in [0.25, 0.3) is 0 Å². The molecular weight excluding hydrogens is 214 g/mol. The Morgan fingerprint density at radius 3 is 2.76 bits per heavy atom. The number of hydrogen-bond donors (Lipinski definition) is 0. The van der Waals surface area contributed by atoms with E-state index < -0.39 is 0 Å². The number of morpholine rings is 1. The number of fused-ring (bicyclic) bond motifs is 1. The van der Waals surface area contributed by atoms with Gasteiger partial charge < -0.3 is 4.74 Å².